The fourth-order valence-electron chi connectivity index (χ4n) is 3.16. The summed E-state index contributed by atoms with van der Waals surface area (Å²) in [7, 11) is 0. The summed E-state index contributed by atoms with van der Waals surface area (Å²) in [6.45, 7) is 1.49. The van der Waals surface area contributed by atoms with Crippen LogP contribution in [-0.2, 0) is 11.2 Å². The van der Waals surface area contributed by atoms with Crippen molar-refractivity contribution in [1.29, 1.82) is 0 Å². The zero-order valence-electron chi connectivity index (χ0n) is 13.5. The second kappa shape index (κ2) is 7.61. The van der Waals surface area contributed by atoms with Crippen molar-refractivity contribution >= 4 is 23.2 Å². The van der Waals surface area contributed by atoms with Crippen LogP contribution >= 0.6 is 11.3 Å². The molecule has 1 saturated heterocycles. The van der Waals surface area contributed by atoms with E-state index < -0.39 is 5.91 Å². The first kappa shape index (κ1) is 16.7. The van der Waals surface area contributed by atoms with Gasteiger partial charge in [0.2, 0.25) is 5.91 Å². The monoisotopic (exact) mass is 346 g/mol. The van der Waals surface area contributed by atoms with E-state index in [-0.39, 0.29) is 17.5 Å². The van der Waals surface area contributed by atoms with Crippen LogP contribution < -0.4 is 5.73 Å². The number of primary amides is 1. The van der Waals surface area contributed by atoms with Gasteiger partial charge < -0.3 is 10.6 Å². The minimum atomic E-state index is -0.533. The van der Waals surface area contributed by atoms with Gasteiger partial charge in [0, 0.05) is 36.0 Å². The Labute approximate surface area is 145 Å². The molecule has 1 atom stereocenters. The van der Waals surface area contributed by atoms with Crippen LogP contribution in [-0.4, -0.2) is 40.0 Å². The number of hydrogen-bond donors (Lipinski definition) is 2. The first-order valence-electron chi connectivity index (χ1n) is 8.28. The molecular formula is C17H22N4O2S. The van der Waals surface area contributed by atoms with Crippen molar-refractivity contribution in [3.8, 4) is 0 Å². The van der Waals surface area contributed by atoms with Gasteiger partial charge in [-0.3, -0.25) is 14.7 Å². The Kier molecular flexibility index (Phi) is 5.30. The van der Waals surface area contributed by atoms with E-state index in [0.717, 1.165) is 37.9 Å². The standard InChI is InChI=1S/C17H22N4O2S/c18-17(23)15-10-14(19-20-15)12-4-2-8-21(11-12)16(22)7-1-5-13-6-3-9-24-13/h3,6,9-10,12H,1-2,4-5,7-8,11H2,(H2,18,23)(H,19,20). The first-order valence-corrected chi connectivity index (χ1v) is 9.16. The Bertz CT molecular complexity index is 695. The molecule has 3 N–H and O–H groups in total. The Hall–Kier alpha value is -2.15. The maximum Gasteiger partial charge on any atom is 0.269 e. The molecule has 2 aromatic heterocycles. The number of nitrogens with two attached hydrogens (primary N) is 1. The van der Waals surface area contributed by atoms with Gasteiger partial charge in [0.15, 0.2) is 0 Å². The summed E-state index contributed by atoms with van der Waals surface area (Å²) < 4.78 is 0. The minimum absolute atomic E-state index is 0.195. The highest BCUT2D eigenvalue weighted by Crippen LogP contribution is 2.26. The Morgan fingerprint density at radius 3 is 3.04 bits per heavy atom. The Morgan fingerprint density at radius 1 is 1.46 bits per heavy atom. The molecule has 6 nitrogen and oxygen atoms in total. The van der Waals surface area contributed by atoms with Gasteiger partial charge in [0.05, 0.1) is 0 Å². The van der Waals surface area contributed by atoms with Gasteiger partial charge in [0.1, 0.15) is 5.69 Å². The first-order chi connectivity index (χ1) is 11.6. The predicted octanol–water partition coefficient (Wildman–Crippen LogP) is 2.30. The fraction of sp³-hybridized carbons (Fsp3) is 0.471. The van der Waals surface area contributed by atoms with Crippen LogP contribution in [0.4, 0.5) is 0 Å². The number of H-pyrrole nitrogens is 1. The molecule has 2 aromatic rings. The lowest BCUT2D eigenvalue weighted by Crippen LogP contribution is -2.39. The maximum atomic E-state index is 12.4. The normalized spacial score (nSPS) is 17.8. The van der Waals surface area contributed by atoms with Crippen LogP contribution in [0, 0.1) is 0 Å². The molecule has 24 heavy (non-hydrogen) atoms. The van der Waals surface area contributed by atoms with Gasteiger partial charge >= 0.3 is 0 Å². The van der Waals surface area contributed by atoms with E-state index in [2.05, 4.69) is 21.6 Å². The second-order valence-corrected chi connectivity index (χ2v) is 7.22. The average molecular weight is 346 g/mol. The molecule has 2 amide bonds. The quantitative estimate of drug-likeness (QED) is 0.840. The van der Waals surface area contributed by atoms with E-state index in [1.165, 1.54) is 4.88 Å². The van der Waals surface area contributed by atoms with Crippen molar-refractivity contribution < 1.29 is 9.59 Å². The molecule has 0 radical (unpaired) electrons. The minimum Gasteiger partial charge on any atom is -0.364 e. The number of piperidine rings is 1. The van der Waals surface area contributed by atoms with E-state index in [1.54, 1.807) is 17.4 Å². The molecule has 1 fully saturated rings. The summed E-state index contributed by atoms with van der Waals surface area (Å²) in [6, 6.07) is 5.86. The SMILES string of the molecule is NC(=O)c1cc(C2CCCN(C(=O)CCCc3cccs3)C2)[nH]n1. The molecule has 0 aromatic carbocycles. The highest BCUT2D eigenvalue weighted by molar-refractivity contribution is 7.09. The number of hydrogen-bond acceptors (Lipinski definition) is 4. The van der Waals surface area contributed by atoms with E-state index >= 15 is 0 Å². The van der Waals surface area contributed by atoms with Crippen LogP contribution in [0.15, 0.2) is 23.6 Å². The third kappa shape index (κ3) is 4.03. The predicted molar refractivity (Wildman–Crippen MR) is 92.9 cm³/mol. The zero-order valence-corrected chi connectivity index (χ0v) is 14.3. The van der Waals surface area contributed by atoms with Crippen LogP contribution in [0.25, 0.3) is 0 Å². The maximum absolute atomic E-state index is 12.4. The van der Waals surface area contributed by atoms with Gasteiger partial charge in [0.25, 0.3) is 5.91 Å². The van der Waals surface area contributed by atoms with Gasteiger partial charge in [-0.05, 0) is 43.2 Å². The molecule has 128 valence electrons. The van der Waals surface area contributed by atoms with Crippen LogP contribution in [0.5, 0.6) is 0 Å². The largest absolute Gasteiger partial charge is 0.364 e. The summed E-state index contributed by atoms with van der Waals surface area (Å²) >= 11 is 1.74. The number of thiophene rings is 1. The summed E-state index contributed by atoms with van der Waals surface area (Å²) in [5.74, 6) is -0.124. The highest BCUT2D eigenvalue weighted by atomic mass is 32.1. The molecule has 7 heteroatoms. The van der Waals surface area contributed by atoms with Crippen molar-refractivity contribution in [3.63, 3.8) is 0 Å². The van der Waals surface area contributed by atoms with Crippen LogP contribution in [0.1, 0.15) is 52.7 Å². The topological polar surface area (TPSA) is 92.1 Å². The number of amides is 2. The third-order valence-electron chi connectivity index (χ3n) is 4.46. The molecule has 1 unspecified atom stereocenters. The molecule has 1 aliphatic heterocycles. The number of aryl methyl sites for hydroxylation is 1. The van der Waals surface area contributed by atoms with Crippen molar-refractivity contribution in [2.75, 3.05) is 13.1 Å². The number of aromatic amines is 1. The second-order valence-electron chi connectivity index (χ2n) is 6.18. The van der Waals surface area contributed by atoms with Crippen molar-refractivity contribution in [3.05, 3.63) is 39.8 Å². The van der Waals surface area contributed by atoms with Gasteiger partial charge in [-0.1, -0.05) is 6.07 Å². The molecule has 0 aliphatic carbocycles. The summed E-state index contributed by atoms with van der Waals surface area (Å²) in [4.78, 5) is 26.9. The summed E-state index contributed by atoms with van der Waals surface area (Å²) in [6.07, 6.45) is 4.38. The van der Waals surface area contributed by atoms with Crippen LogP contribution in [0.2, 0.25) is 0 Å². The lowest BCUT2D eigenvalue weighted by molar-refractivity contribution is -0.132. The van der Waals surface area contributed by atoms with Crippen molar-refractivity contribution in [2.24, 2.45) is 5.73 Å². The molecule has 0 bridgehead atoms. The number of likely N-dealkylation sites (tertiary alicyclic amines) is 1. The molecular weight excluding hydrogens is 324 g/mol. The Morgan fingerprint density at radius 2 is 2.33 bits per heavy atom. The molecule has 1 aliphatic rings. The number of carbonyl (C=O) groups excluding carboxylic acids is 2. The lowest BCUT2D eigenvalue weighted by atomic mass is 9.94. The van der Waals surface area contributed by atoms with E-state index in [4.69, 9.17) is 5.73 Å². The molecule has 3 heterocycles. The number of nitrogens with zero attached hydrogens (tertiary/aromatic N) is 2. The summed E-state index contributed by atoms with van der Waals surface area (Å²) in [5, 5.41) is 8.89. The van der Waals surface area contributed by atoms with Gasteiger partial charge in [-0.15, -0.1) is 11.3 Å². The highest BCUT2D eigenvalue weighted by Gasteiger charge is 2.26. The summed E-state index contributed by atoms with van der Waals surface area (Å²) in [5.41, 5.74) is 6.38. The van der Waals surface area contributed by atoms with E-state index in [9.17, 15) is 9.59 Å². The van der Waals surface area contributed by atoms with Gasteiger partial charge in [-0.2, -0.15) is 5.10 Å². The van der Waals surface area contributed by atoms with Gasteiger partial charge in [-0.25, -0.2) is 0 Å². The van der Waals surface area contributed by atoms with E-state index in [1.807, 2.05) is 11.0 Å². The average Bonchev–Trinajstić information content (AvgIpc) is 3.26. The van der Waals surface area contributed by atoms with Crippen molar-refractivity contribution in [1.82, 2.24) is 15.1 Å². The number of nitrogens with one attached hydrogen (secondary N) is 1. The fourth-order valence-corrected chi connectivity index (χ4v) is 3.91. The van der Waals surface area contributed by atoms with Crippen LogP contribution in [0.3, 0.4) is 0 Å². The number of rotatable bonds is 6. The number of carbonyl (C=O) groups is 2. The lowest BCUT2D eigenvalue weighted by Gasteiger charge is -2.32. The molecule has 3 rings (SSSR count). The van der Waals surface area contributed by atoms with Crippen molar-refractivity contribution in [2.45, 2.75) is 38.0 Å². The third-order valence-corrected chi connectivity index (χ3v) is 5.39. The van der Waals surface area contributed by atoms with E-state index in [0.29, 0.717) is 13.0 Å². The zero-order chi connectivity index (χ0) is 16.9. The smallest absolute Gasteiger partial charge is 0.269 e. The Balaban J connectivity index is 1.52. The molecule has 0 spiro atoms. The number of aromatic nitrogens is 2. The molecule has 0 saturated carbocycles.